The summed E-state index contributed by atoms with van der Waals surface area (Å²) in [7, 11) is 0. The van der Waals surface area contributed by atoms with Crippen molar-refractivity contribution in [2.24, 2.45) is 0 Å². The molecule has 0 bridgehead atoms. The fraction of sp³-hybridized carbons (Fsp3) is 0.351. The number of rotatable bonds is 2. The first-order valence-corrected chi connectivity index (χ1v) is 15.3. The molecule has 0 saturated carbocycles. The van der Waals surface area contributed by atoms with Crippen LogP contribution in [0.2, 0.25) is 0 Å². The van der Waals surface area contributed by atoms with Crippen LogP contribution in [0.5, 0.6) is 11.5 Å². The van der Waals surface area contributed by atoms with Gasteiger partial charge in [0.25, 0.3) is 0 Å². The van der Waals surface area contributed by atoms with E-state index < -0.39 is 0 Å². The number of fused-ring (bicyclic) bond motifs is 2. The Kier molecular flexibility index (Phi) is 7.98. The quantitative estimate of drug-likeness (QED) is 0.206. The Hall–Kier alpha value is -4.72. The normalized spacial score (nSPS) is 12.4. The van der Waals surface area contributed by atoms with Gasteiger partial charge in [0.1, 0.15) is 44.9 Å². The first-order chi connectivity index (χ1) is 20.9. The monoisotopic (exact) mass is 604 g/mol. The van der Waals surface area contributed by atoms with Gasteiger partial charge in [-0.2, -0.15) is 0 Å². The summed E-state index contributed by atoms with van der Waals surface area (Å²) >= 11 is 0. The Morgan fingerprint density at radius 2 is 0.844 bits per heavy atom. The van der Waals surface area contributed by atoms with Gasteiger partial charge in [0, 0.05) is 11.1 Å². The number of phenolic OH excluding ortho intramolecular Hbond substituents is 2. The smallest absolute Gasteiger partial charge is 0.146 e. The summed E-state index contributed by atoms with van der Waals surface area (Å²) in [5.41, 5.74) is 8.21. The molecule has 0 radical (unpaired) electrons. The van der Waals surface area contributed by atoms with Gasteiger partial charge in [-0.3, -0.25) is 0 Å². The number of phenols is 2. The molecule has 0 amide bonds. The lowest BCUT2D eigenvalue weighted by molar-refractivity contribution is 0.438. The van der Waals surface area contributed by atoms with Crippen molar-refractivity contribution >= 4 is 22.1 Å². The van der Waals surface area contributed by atoms with E-state index >= 15 is 0 Å². The standard InChI is InChI=1S/C20H25N3O.C17H19N3O/c1-19(2,3)13-11-14(20(4,5)6)18(24)17(12-13)23-21-15-9-7-8-10-16(15)22-23;1-11-9-12(17(2,3)4)16(21)15(10-11)20-18-13-7-5-6-8-14(13)19-20/h7-12,24H,1-6H3;5-10,21H,1-4H3. The summed E-state index contributed by atoms with van der Waals surface area (Å²) in [5.74, 6) is 0.490. The number of aryl methyl sites for hydroxylation is 1. The van der Waals surface area contributed by atoms with Crippen LogP contribution < -0.4 is 0 Å². The Morgan fingerprint density at radius 3 is 1.20 bits per heavy atom. The van der Waals surface area contributed by atoms with Crippen LogP contribution in [-0.4, -0.2) is 40.2 Å². The number of nitrogens with zero attached hydrogens (tertiary/aromatic N) is 6. The molecule has 0 aliphatic carbocycles. The molecule has 0 fully saturated rings. The minimum absolute atomic E-state index is 0.0327. The molecule has 6 rings (SSSR count). The molecule has 8 nitrogen and oxygen atoms in total. The van der Waals surface area contributed by atoms with E-state index in [2.05, 4.69) is 88.8 Å². The summed E-state index contributed by atoms with van der Waals surface area (Å²) in [6.45, 7) is 21.1. The molecule has 0 unspecified atom stereocenters. The van der Waals surface area contributed by atoms with E-state index in [0.29, 0.717) is 11.4 Å². The molecular formula is C37H44N6O2. The maximum absolute atomic E-state index is 10.9. The molecule has 0 atom stereocenters. The molecular weight excluding hydrogens is 560 g/mol. The second-order valence-electron chi connectivity index (χ2n) is 14.8. The van der Waals surface area contributed by atoms with Crippen molar-refractivity contribution in [2.45, 2.75) is 85.5 Å². The van der Waals surface area contributed by atoms with Crippen molar-refractivity contribution in [1.82, 2.24) is 30.0 Å². The SMILES string of the molecule is CC(C)(C)c1cc(-n2nc3ccccc3n2)c(O)c(C(C)(C)C)c1.Cc1cc(-n2nc3ccccc3n2)c(O)c(C(C)(C)C)c1. The van der Waals surface area contributed by atoms with E-state index in [1.165, 1.54) is 4.80 Å². The lowest BCUT2D eigenvalue weighted by Gasteiger charge is -2.27. The first kappa shape index (κ1) is 31.7. The molecule has 234 valence electrons. The zero-order valence-electron chi connectivity index (χ0n) is 28.0. The van der Waals surface area contributed by atoms with Gasteiger partial charge in [0.05, 0.1) is 0 Å². The third-order valence-electron chi connectivity index (χ3n) is 7.81. The predicted molar refractivity (Wildman–Crippen MR) is 182 cm³/mol. The minimum Gasteiger partial charge on any atom is -0.505 e. The highest BCUT2D eigenvalue weighted by molar-refractivity contribution is 5.74. The van der Waals surface area contributed by atoms with Crippen molar-refractivity contribution < 1.29 is 10.2 Å². The van der Waals surface area contributed by atoms with Crippen LogP contribution in [0.15, 0.2) is 72.8 Å². The van der Waals surface area contributed by atoms with Gasteiger partial charge in [-0.05, 0) is 70.7 Å². The maximum Gasteiger partial charge on any atom is 0.146 e. The van der Waals surface area contributed by atoms with Crippen molar-refractivity contribution in [3.8, 4) is 22.9 Å². The van der Waals surface area contributed by atoms with Crippen molar-refractivity contribution in [1.29, 1.82) is 0 Å². The lowest BCUT2D eigenvalue weighted by atomic mass is 9.80. The van der Waals surface area contributed by atoms with Gasteiger partial charge < -0.3 is 10.2 Å². The lowest BCUT2D eigenvalue weighted by Crippen LogP contribution is -2.18. The topological polar surface area (TPSA) is 102 Å². The van der Waals surface area contributed by atoms with Gasteiger partial charge in [-0.1, -0.05) is 98.7 Å². The molecule has 0 saturated heterocycles. The van der Waals surface area contributed by atoms with Gasteiger partial charge >= 0.3 is 0 Å². The molecule has 2 aromatic heterocycles. The first-order valence-electron chi connectivity index (χ1n) is 15.3. The zero-order valence-corrected chi connectivity index (χ0v) is 28.0. The summed E-state index contributed by atoms with van der Waals surface area (Å²) in [6.07, 6.45) is 0. The molecule has 2 heterocycles. The Morgan fingerprint density at radius 1 is 0.489 bits per heavy atom. The third-order valence-corrected chi connectivity index (χ3v) is 7.81. The Bertz CT molecular complexity index is 1930. The highest BCUT2D eigenvalue weighted by Gasteiger charge is 2.26. The van der Waals surface area contributed by atoms with Gasteiger partial charge in [0.15, 0.2) is 0 Å². The summed E-state index contributed by atoms with van der Waals surface area (Å²) in [5, 5.41) is 39.5. The third kappa shape index (κ3) is 6.55. The molecule has 6 aromatic rings. The van der Waals surface area contributed by atoms with E-state index in [0.717, 1.165) is 44.3 Å². The van der Waals surface area contributed by atoms with Crippen molar-refractivity contribution in [2.75, 3.05) is 0 Å². The number of hydrogen-bond acceptors (Lipinski definition) is 6. The fourth-order valence-corrected chi connectivity index (χ4v) is 5.20. The second-order valence-corrected chi connectivity index (χ2v) is 14.8. The summed E-state index contributed by atoms with van der Waals surface area (Å²) < 4.78 is 0. The second kappa shape index (κ2) is 11.3. The zero-order chi connectivity index (χ0) is 32.9. The van der Waals surface area contributed by atoms with Crippen LogP contribution >= 0.6 is 0 Å². The summed E-state index contributed by atoms with van der Waals surface area (Å²) in [6, 6.07) is 23.4. The Labute approximate surface area is 265 Å². The predicted octanol–water partition coefficient (Wildman–Crippen LogP) is 8.45. The number of hydrogen-bond donors (Lipinski definition) is 2. The fourth-order valence-electron chi connectivity index (χ4n) is 5.20. The molecule has 0 aliphatic heterocycles. The van der Waals surface area contributed by atoms with Crippen LogP contribution in [0, 0.1) is 6.92 Å². The number of aromatic hydroxyl groups is 2. The van der Waals surface area contributed by atoms with Crippen LogP contribution in [0.1, 0.15) is 84.6 Å². The van der Waals surface area contributed by atoms with E-state index in [-0.39, 0.29) is 27.7 Å². The highest BCUT2D eigenvalue weighted by atomic mass is 16.3. The minimum atomic E-state index is -0.174. The van der Waals surface area contributed by atoms with Crippen LogP contribution in [0.25, 0.3) is 33.4 Å². The molecule has 2 N–H and O–H groups in total. The van der Waals surface area contributed by atoms with Crippen LogP contribution in [0.4, 0.5) is 0 Å². The summed E-state index contributed by atoms with van der Waals surface area (Å²) in [4.78, 5) is 3.06. The van der Waals surface area contributed by atoms with Gasteiger partial charge in [-0.15, -0.1) is 30.0 Å². The van der Waals surface area contributed by atoms with Gasteiger partial charge in [0.2, 0.25) is 0 Å². The molecule has 0 spiro atoms. The van der Waals surface area contributed by atoms with E-state index in [1.54, 1.807) is 4.80 Å². The number of aromatic nitrogens is 6. The van der Waals surface area contributed by atoms with E-state index in [1.807, 2.05) is 73.7 Å². The molecule has 0 aliphatic rings. The largest absolute Gasteiger partial charge is 0.505 e. The van der Waals surface area contributed by atoms with E-state index in [4.69, 9.17) is 0 Å². The highest BCUT2D eigenvalue weighted by Crippen LogP contribution is 2.39. The maximum atomic E-state index is 10.9. The van der Waals surface area contributed by atoms with Crippen molar-refractivity contribution in [3.63, 3.8) is 0 Å². The number of benzene rings is 4. The van der Waals surface area contributed by atoms with E-state index in [9.17, 15) is 10.2 Å². The molecule has 45 heavy (non-hydrogen) atoms. The van der Waals surface area contributed by atoms with Crippen LogP contribution in [0.3, 0.4) is 0 Å². The average molecular weight is 605 g/mol. The van der Waals surface area contributed by atoms with Gasteiger partial charge in [-0.25, -0.2) is 0 Å². The Balaban J connectivity index is 0.000000179. The van der Waals surface area contributed by atoms with Crippen LogP contribution in [-0.2, 0) is 16.2 Å². The van der Waals surface area contributed by atoms with Crippen molar-refractivity contribution in [3.05, 3.63) is 95.1 Å². The average Bonchev–Trinajstić information content (AvgIpc) is 3.57. The molecule has 4 aromatic carbocycles. The molecule has 8 heteroatoms.